The van der Waals surface area contributed by atoms with Gasteiger partial charge in [0.2, 0.25) is 5.95 Å². The Bertz CT molecular complexity index is 505. The molecule has 2 aromatic rings. The molecule has 0 unspecified atom stereocenters. The van der Waals surface area contributed by atoms with Gasteiger partial charge in [0, 0.05) is 31.2 Å². The fraction of sp³-hybridized carbons (Fsp3) is 0.357. The van der Waals surface area contributed by atoms with Crippen LogP contribution in [0.1, 0.15) is 25.5 Å². The van der Waals surface area contributed by atoms with Crippen molar-refractivity contribution in [2.45, 2.75) is 26.5 Å². The number of nitrogens with one attached hydrogen (secondary N) is 1. The molecule has 0 bridgehead atoms. The molecule has 4 heteroatoms. The fourth-order valence-electron chi connectivity index (χ4n) is 1.86. The van der Waals surface area contributed by atoms with Gasteiger partial charge in [-0.25, -0.2) is 4.98 Å². The zero-order valence-electron chi connectivity index (χ0n) is 11.1. The van der Waals surface area contributed by atoms with Crippen molar-refractivity contribution in [1.82, 2.24) is 9.55 Å². The Hall–Kier alpha value is -1.81. The number of ether oxygens (including phenoxy) is 1. The summed E-state index contributed by atoms with van der Waals surface area (Å²) in [5, 5.41) is 3.33. The van der Waals surface area contributed by atoms with Gasteiger partial charge in [0.1, 0.15) is 0 Å². The first-order valence-corrected chi connectivity index (χ1v) is 6.08. The molecule has 0 radical (unpaired) electrons. The third-order valence-electron chi connectivity index (χ3n) is 2.72. The molecule has 0 saturated carbocycles. The molecule has 1 aromatic heterocycles. The average Bonchev–Trinajstić information content (AvgIpc) is 2.78. The van der Waals surface area contributed by atoms with E-state index in [0.717, 1.165) is 17.2 Å². The molecule has 0 atom stereocenters. The van der Waals surface area contributed by atoms with E-state index >= 15 is 0 Å². The Morgan fingerprint density at radius 2 is 2.22 bits per heavy atom. The summed E-state index contributed by atoms with van der Waals surface area (Å²) in [6.45, 7) is 4.89. The van der Waals surface area contributed by atoms with Crippen molar-refractivity contribution in [1.29, 1.82) is 0 Å². The normalized spacial score (nSPS) is 10.9. The van der Waals surface area contributed by atoms with Crippen LogP contribution in [0.5, 0.6) is 0 Å². The molecule has 0 aliphatic rings. The Morgan fingerprint density at radius 1 is 1.39 bits per heavy atom. The highest BCUT2D eigenvalue weighted by Crippen LogP contribution is 2.19. The number of hydrogen-bond acceptors (Lipinski definition) is 3. The van der Waals surface area contributed by atoms with E-state index in [-0.39, 0.29) is 0 Å². The number of aromatic nitrogens is 2. The maximum Gasteiger partial charge on any atom is 0.207 e. The molecular weight excluding hydrogens is 226 g/mol. The Kier molecular flexibility index (Phi) is 3.99. The van der Waals surface area contributed by atoms with E-state index in [4.69, 9.17) is 4.74 Å². The molecular formula is C14H19N3O. The van der Waals surface area contributed by atoms with E-state index in [0.29, 0.717) is 12.6 Å². The SMILES string of the molecule is COCc1cccc(Nc2nccn2C(C)C)c1. The Balaban J connectivity index is 2.18. The lowest BCUT2D eigenvalue weighted by molar-refractivity contribution is 0.185. The van der Waals surface area contributed by atoms with Crippen LogP contribution in [-0.2, 0) is 11.3 Å². The van der Waals surface area contributed by atoms with Crippen LogP contribution in [0.4, 0.5) is 11.6 Å². The summed E-state index contributed by atoms with van der Waals surface area (Å²) in [6.07, 6.45) is 3.79. The highest BCUT2D eigenvalue weighted by molar-refractivity contribution is 5.54. The minimum atomic E-state index is 0.386. The van der Waals surface area contributed by atoms with E-state index in [1.165, 1.54) is 0 Å². The van der Waals surface area contributed by atoms with Crippen LogP contribution in [0.25, 0.3) is 0 Å². The van der Waals surface area contributed by atoms with Gasteiger partial charge < -0.3 is 14.6 Å². The van der Waals surface area contributed by atoms with E-state index < -0.39 is 0 Å². The first-order chi connectivity index (χ1) is 8.70. The molecule has 0 fully saturated rings. The first-order valence-electron chi connectivity index (χ1n) is 6.08. The standard InChI is InChI=1S/C14H19N3O/c1-11(2)17-8-7-15-14(17)16-13-6-4-5-12(9-13)10-18-3/h4-9,11H,10H2,1-3H3,(H,15,16). The molecule has 0 aliphatic carbocycles. The summed E-state index contributed by atoms with van der Waals surface area (Å²) < 4.78 is 7.23. The van der Waals surface area contributed by atoms with Crippen molar-refractivity contribution in [2.24, 2.45) is 0 Å². The fourth-order valence-corrected chi connectivity index (χ4v) is 1.86. The molecule has 18 heavy (non-hydrogen) atoms. The second-order valence-electron chi connectivity index (χ2n) is 4.51. The summed E-state index contributed by atoms with van der Waals surface area (Å²) in [4.78, 5) is 4.33. The van der Waals surface area contributed by atoms with Crippen LogP contribution in [-0.4, -0.2) is 16.7 Å². The predicted octanol–water partition coefficient (Wildman–Crippen LogP) is 3.35. The van der Waals surface area contributed by atoms with Gasteiger partial charge in [-0.2, -0.15) is 0 Å². The second kappa shape index (κ2) is 5.69. The van der Waals surface area contributed by atoms with Crippen molar-refractivity contribution >= 4 is 11.6 Å². The maximum atomic E-state index is 5.13. The zero-order chi connectivity index (χ0) is 13.0. The number of benzene rings is 1. The average molecular weight is 245 g/mol. The molecule has 0 amide bonds. The van der Waals surface area contributed by atoms with Crippen molar-refractivity contribution in [3.05, 3.63) is 42.2 Å². The van der Waals surface area contributed by atoms with Gasteiger partial charge in [0.05, 0.1) is 6.61 Å². The van der Waals surface area contributed by atoms with Gasteiger partial charge in [-0.15, -0.1) is 0 Å². The van der Waals surface area contributed by atoms with Gasteiger partial charge in [-0.05, 0) is 31.5 Å². The van der Waals surface area contributed by atoms with Gasteiger partial charge in [0.25, 0.3) is 0 Å². The topological polar surface area (TPSA) is 39.1 Å². The lowest BCUT2D eigenvalue weighted by Gasteiger charge is -2.13. The third-order valence-corrected chi connectivity index (χ3v) is 2.72. The van der Waals surface area contributed by atoms with Crippen molar-refractivity contribution in [2.75, 3.05) is 12.4 Å². The Labute approximate surface area is 108 Å². The van der Waals surface area contributed by atoms with E-state index in [1.807, 2.05) is 24.4 Å². The number of hydrogen-bond donors (Lipinski definition) is 1. The van der Waals surface area contributed by atoms with Crippen molar-refractivity contribution in [3.8, 4) is 0 Å². The van der Waals surface area contributed by atoms with Crippen LogP contribution in [0.2, 0.25) is 0 Å². The highest BCUT2D eigenvalue weighted by atomic mass is 16.5. The van der Waals surface area contributed by atoms with Crippen LogP contribution in [0.3, 0.4) is 0 Å². The lowest BCUT2D eigenvalue weighted by atomic mass is 10.2. The number of rotatable bonds is 5. The molecule has 0 spiro atoms. The molecule has 1 heterocycles. The molecule has 4 nitrogen and oxygen atoms in total. The maximum absolute atomic E-state index is 5.13. The lowest BCUT2D eigenvalue weighted by Crippen LogP contribution is -2.05. The number of anilines is 2. The largest absolute Gasteiger partial charge is 0.380 e. The first kappa shape index (κ1) is 12.6. The highest BCUT2D eigenvalue weighted by Gasteiger charge is 2.06. The third kappa shape index (κ3) is 2.90. The molecule has 0 aliphatic heterocycles. The van der Waals surface area contributed by atoms with Crippen LogP contribution < -0.4 is 5.32 Å². The molecule has 1 N–H and O–H groups in total. The van der Waals surface area contributed by atoms with E-state index in [9.17, 15) is 0 Å². The summed E-state index contributed by atoms with van der Waals surface area (Å²) in [7, 11) is 1.70. The summed E-state index contributed by atoms with van der Waals surface area (Å²) in [6, 6.07) is 8.54. The monoisotopic (exact) mass is 245 g/mol. The van der Waals surface area contributed by atoms with Crippen molar-refractivity contribution in [3.63, 3.8) is 0 Å². The quantitative estimate of drug-likeness (QED) is 0.878. The van der Waals surface area contributed by atoms with E-state index in [2.05, 4.69) is 34.8 Å². The molecule has 0 saturated heterocycles. The molecule has 96 valence electrons. The predicted molar refractivity (Wildman–Crippen MR) is 73.0 cm³/mol. The second-order valence-corrected chi connectivity index (χ2v) is 4.51. The van der Waals surface area contributed by atoms with Crippen LogP contribution in [0, 0.1) is 0 Å². The zero-order valence-corrected chi connectivity index (χ0v) is 11.1. The number of imidazole rings is 1. The molecule has 2 rings (SSSR count). The van der Waals surface area contributed by atoms with Gasteiger partial charge in [-0.3, -0.25) is 0 Å². The van der Waals surface area contributed by atoms with E-state index in [1.54, 1.807) is 13.3 Å². The summed E-state index contributed by atoms with van der Waals surface area (Å²) >= 11 is 0. The molecule has 1 aromatic carbocycles. The Morgan fingerprint density at radius 3 is 2.94 bits per heavy atom. The minimum Gasteiger partial charge on any atom is -0.380 e. The summed E-state index contributed by atoms with van der Waals surface area (Å²) in [5.41, 5.74) is 2.17. The van der Waals surface area contributed by atoms with Crippen molar-refractivity contribution < 1.29 is 4.74 Å². The smallest absolute Gasteiger partial charge is 0.207 e. The minimum absolute atomic E-state index is 0.386. The number of methoxy groups -OCH3 is 1. The van der Waals surface area contributed by atoms with Gasteiger partial charge in [0.15, 0.2) is 0 Å². The number of nitrogens with zero attached hydrogens (tertiary/aromatic N) is 2. The van der Waals surface area contributed by atoms with Gasteiger partial charge >= 0.3 is 0 Å². The van der Waals surface area contributed by atoms with Crippen LogP contribution >= 0.6 is 0 Å². The summed E-state index contributed by atoms with van der Waals surface area (Å²) in [5.74, 6) is 0.861. The van der Waals surface area contributed by atoms with Gasteiger partial charge in [-0.1, -0.05) is 12.1 Å². The van der Waals surface area contributed by atoms with Crippen LogP contribution in [0.15, 0.2) is 36.7 Å².